The van der Waals surface area contributed by atoms with Crippen LogP contribution < -0.4 is 10.2 Å². The number of benzene rings is 2. The first-order valence-electron chi connectivity index (χ1n) is 7.57. The quantitative estimate of drug-likeness (QED) is 0.450. The number of nitrogens with one attached hydrogen (secondary N) is 1. The fraction of sp³-hybridized carbons (Fsp3) is 0.235. The molecule has 144 valence electrons. The zero-order chi connectivity index (χ0) is 20.4. The second-order valence-corrected chi connectivity index (χ2v) is 6.57. The summed E-state index contributed by atoms with van der Waals surface area (Å²) in [5.74, 6) is -0.742. The Balaban J connectivity index is 2.42. The van der Waals surface area contributed by atoms with Crippen molar-refractivity contribution in [2.24, 2.45) is 0 Å². The summed E-state index contributed by atoms with van der Waals surface area (Å²) in [7, 11) is 3.24. The van der Waals surface area contributed by atoms with E-state index in [4.69, 9.17) is 0 Å². The zero-order valence-corrected chi connectivity index (χ0v) is 15.4. The fourth-order valence-corrected chi connectivity index (χ4v) is 2.92. The van der Waals surface area contributed by atoms with Gasteiger partial charge < -0.3 is 10.2 Å². The smallest absolute Gasteiger partial charge is 0.376 e. The number of hydrogen-bond acceptors (Lipinski definition) is 5. The lowest BCUT2D eigenvalue weighted by atomic mass is 10.1. The van der Waals surface area contributed by atoms with Crippen LogP contribution in [-0.4, -0.2) is 31.2 Å². The highest BCUT2D eigenvalue weighted by atomic mass is 32.2. The molecule has 0 heterocycles. The normalized spacial score (nSPS) is 11.2. The van der Waals surface area contributed by atoms with Gasteiger partial charge in [0, 0.05) is 25.7 Å². The number of alkyl halides is 3. The number of nitro groups is 1. The van der Waals surface area contributed by atoms with E-state index in [9.17, 15) is 28.1 Å². The number of carbonyl (C=O) groups is 1. The maximum atomic E-state index is 13.0. The SMILES string of the molecule is CSc1ccc(C(=O)Nc2cc(C(F)(F)F)ccc2N(C)C)cc1[N+](=O)[O-]. The number of thioether (sulfide) groups is 1. The molecule has 2 aromatic rings. The molecule has 6 nitrogen and oxygen atoms in total. The van der Waals surface area contributed by atoms with Crippen LogP contribution in [-0.2, 0) is 6.18 Å². The van der Waals surface area contributed by atoms with Gasteiger partial charge >= 0.3 is 6.18 Å². The molecule has 27 heavy (non-hydrogen) atoms. The van der Waals surface area contributed by atoms with Crippen LogP contribution in [0.15, 0.2) is 41.3 Å². The Morgan fingerprint density at radius 3 is 2.37 bits per heavy atom. The largest absolute Gasteiger partial charge is 0.416 e. The van der Waals surface area contributed by atoms with Gasteiger partial charge in [0.2, 0.25) is 0 Å². The van der Waals surface area contributed by atoms with E-state index in [1.165, 1.54) is 18.2 Å². The highest BCUT2D eigenvalue weighted by molar-refractivity contribution is 7.98. The molecule has 1 N–H and O–H groups in total. The molecule has 1 amide bonds. The Hall–Kier alpha value is -2.75. The summed E-state index contributed by atoms with van der Waals surface area (Å²) in [4.78, 5) is 24.9. The van der Waals surface area contributed by atoms with Crippen molar-refractivity contribution in [3.63, 3.8) is 0 Å². The Bertz CT molecular complexity index is 885. The Labute approximate surface area is 157 Å². The van der Waals surface area contributed by atoms with Gasteiger partial charge in [-0.3, -0.25) is 14.9 Å². The Morgan fingerprint density at radius 2 is 1.85 bits per heavy atom. The number of anilines is 2. The van der Waals surface area contributed by atoms with E-state index in [0.717, 1.165) is 30.0 Å². The molecule has 10 heteroatoms. The topological polar surface area (TPSA) is 75.5 Å². The predicted octanol–water partition coefficient (Wildman–Crippen LogP) is 4.65. The van der Waals surface area contributed by atoms with Crippen molar-refractivity contribution in [1.29, 1.82) is 0 Å². The van der Waals surface area contributed by atoms with E-state index in [2.05, 4.69) is 5.32 Å². The minimum Gasteiger partial charge on any atom is -0.376 e. The maximum Gasteiger partial charge on any atom is 0.416 e. The summed E-state index contributed by atoms with van der Waals surface area (Å²) in [5, 5.41) is 13.6. The minimum absolute atomic E-state index is 0.0263. The van der Waals surface area contributed by atoms with Crippen LogP contribution in [0, 0.1) is 10.1 Å². The molecule has 0 radical (unpaired) electrons. The molecular formula is C17H16F3N3O3S. The highest BCUT2D eigenvalue weighted by Crippen LogP contribution is 2.35. The van der Waals surface area contributed by atoms with Gasteiger partial charge in [-0.25, -0.2) is 0 Å². The summed E-state index contributed by atoms with van der Waals surface area (Å²) in [5.41, 5.74) is -0.858. The fourth-order valence-electron chi connectivity index (χ4n) is 2.37. The minimum atomic E-state index is -4.57. The third kappa shape index (κ3) is 4.70. The van der Waals surface area contributed by atoms with Gasteiger partial charge in [0.1, 0.15) is 0 Å². The molecule has 2 rings (SSSR count). The van der Waals surface area contributed by atoms with Crippen molar-refractivity contribution in [1.82, 2.24) is 0 Å². The standard InChI is InChI=1S/C17H16F3N3O3S/c1-22(2)13-6-5-11(17(18,19)20)9-12(13)21-16(24)10-4-7-15(27-3)14(8-10)23(25)26/h4-9H,1-3H3,(H,21,24). The molecule has 0 aliphatic heterocycles. The lowest BCUT2D eigenvalue weighted by Gasteiger charge is -2.20. The van der Waals surface area contributed by atoms with Crippen LogP contribution in [0.3, 0.4) is 0 Å². The lowest BCUT2D eigenvalue weighted by Crippen LogP contribution is -2.18. The van der Waals surface area contributed by atoms with Gasteiger partial charge in [-0.1, -0.05) is 0 Å². The summed E-state index contributed by atoms with van der Waals surface area (Å²) < 4.78 is 38.9. The third-order valence-electron chi connectivity index (χ3n) is 3.69. The number of hydrogen-bond donors (Lipinski definition) is 1. The van der Waals surface area contributed by atoms with Crippen molar-refractivity contribution in [2.75, 3.05) is 30.6 Å². The molecular weight excluding hydrogens is 383 g/mol. The summed E-state index contributed by atoms with van der Waals surface area (Å²) in [6, 6.07) is 6.91. The van der Waals surface area contributed by atoms with Crippen molar-refractivity contribution >= 4 is 34.7 Å². The van der Waals surface area contributed by atoms with Gasteiger partial charge in [-0.2, -0.15) is 13.2 Å². The lowest BCUT2D eigenvalue weighted by molar-refractivity contribution is -0.387. The third-order valence-corrected chi connectivity index (χ3v) is 4.48. The van der Waals surface area contributed by atoms with Gasteiger partial charge in [-0.05, 0) is 36.6 Å². The molecule has 0 atom stereocenters. The van der Waals surface area contributed by atoms with E-state index in [1.54, 1.807) is 25.3 Å². The number of rotatable bonds is 5. The van der Waals surface area contributed by atoms with Crippen molar-refractivity contribution < 1.29 is 22.9 Å². The molecule has 0 aliphatic carbocycles. The van der Waals surface area contributed by atoms with Crippen LogP contribution >= 0.6 is 11.8 Å². The van der Waals surface area contributed by atoms with Crippen molar-refractivity contribution in [2.45, 2.75) is 11.1 Å². The molecule has 2 aromatic carbocycles. The predicted molar refractivity (Wildman–Crippen MR) is 98.6 cm³/mol. The van der Waals surface area contributed by atoms with Crippen LogP contribution in [0.4, 0.5) is 30.2 Å². The number of nitrogens with zero attached hydrogens (tertiary/aromatic N) is 2. The summed E-state index contributed by atoms with van der Waals surface area (Å²) in [6.07, 6.45) is -2.91. The van der Waals surface area contributed by atoms with E-state index in [-0.39, 0.29) is 16.9 Å². The summed E-state index contributed by atoms with van der Waals surface area (Å²) in [6.45, 7) is 0. The number of amides is 1. The van der Waals surface area contributed by atoms with Gasteiger partial charge in [0.25, 0.3) is 11.6 Å². The first-order chi connectivity index (χ1) is 12.5. The first-order valence-corrected chi connectivity index (χ1v) is 8.79. The van der Waals surface area contributed by atoms with Crippen molar-refractivity contribution in [3.8, 4) is 0 Å². The molecule has 0 saturated heterocycles. The van der Waals surface area contributed by atoms with E-state index in [1.807, 2.05) is 0 Å². The zero-order valence-electron chi connectivity index (χ0n) is 14.6. The molecule has 0 aliphatic rings. The molecule has 0 spiro atoms. The van der Waals surface area contributed by atoms with Crippen LogP contribution in [0.2, 0.25) is 0 Å². The molecule has 0 saturated carbocycles. The van der Waals surface area contributed by atoms with E-state index < -0.39 is 22.6 Å². The van der Waals surface area contributed by atoms with E-state index >= 15 is 0 Å². The van der Waals surface area contributed by atoms with E-state index in [0.29, 0.717) is 10.6 Å². The number of halogens is 3. The highest BCUT2D eigenvalue weighted by Gasteiger charge is 2.31. The van der Waals surface area contributed by atoms with Gasteiger partial charge in [0.15, 0.2) is 0 Å². The molecule has 0 unspecified atom stereocenters. The molecule has 0 aromatic heterocycles. The Kier molecular flexibility index (Phi) is 5.99. The number of nitro benzene ring substituents is 1. The maximum absolute atomic E-state index is 13.0. The summed E-state index contributed by atoms with van der Waals surface area (Å²) >= 11 is 1.15. The molecule has 0 fully saturated rings. The number of carbonyl (C=O) groups excluding carboxylic acids is 1. The van der Waals surface area contributed by atoms with Gasteiger partial charge in [-0.15, -0.1) is 11.8 Å². The van der Waals surface area contributed by atoms with Crippen LogP contribution in [0.5, 0.6) is 0 Å². The Morgan fingerprint density at radius 1 is 1.19 bits per heavy atom. The average molecular weight is 399 g/mol. The van der Waals surface area contributed by atoms with Gasteiger partial charge in [0.05, 0.1) is 26.8 Å². The van der Waals surface area contributed by atoms with Crippen molar-refractivity contribution in [3.05, 3.63) is 57.6 Å². The van der Waals surface area contributed by atoms with Crippen LogP contribution in [0.25, 0.3) is 0 Å². The second kappa shape index (κ2) is 7.87. The second-order valence-electron chi connectivity index (χ2n) is 5.72. The molecule has 0 bridgehead atoms. The average Bonchev–Trinajstić information content (AvgIpc) is 2.59. The van der Waals surface area contributed by atoms with Crippen LogP contribution in [0.1, 0.15) is 15.9 Å². The first kappa shape index (κ1) is 20.6. The monoisotopic (exact) mass is 399 g/mol.